The zero-order valence-electron chi connectivity index (χ0n) is 10.4. The van der Waals surface area contributed by atoms with Crippen molar-refractivity contribution in [3.8, 4) is 5.75 Å². The quantitative estimate of drug-likeness (QED) is 0.849. The highest BCUT2D eigenvalue weighted by Crippen LogP contribution is 2.38. The number of phenolic OH excluding ortho intramolecular Hbond substituents is 1. The van der Waals surface area contributed by atoms with Gasteiger partial charge in [0.25, 0.3) is 0 Å². The smallest absolute Gasteiger partial charge is 0.119 e. The molecule has 2 aromatic carbocycles. The van der Waals surface area contributed by atoms with E-state index in [1.165, 1.54) is 0 Å². The number of aromatic hydroxyl groups is 1. The van der Waals surface area contributed by atoms with Gasteiger partial charge in [-0.15, -0.1) is 0 Å². The van der Waals surface area contributed by atoms with Crippen molar-refractivity contribution in [3.63, 3.8) is 0 Å². The average molecular weight is 229 g/mol. The molecule has 0 atom stereocenters. The summed E-state index contributed by atoms with van der Waals surface area (Å²) in [6.45, 7) is 4.87. The molecule has 0 aromatic heterocycles. The summed E-state index contributed by atoms with van der Waals surface area (Å²) in [5, 5.41) is 12.4. The van der Waals surface area contributed by atoms with Crippen molar-refractivity contribution in [1.29, 1.82) is 0 Å². The molecule has 0 amide bonds. The summed E-state index contributed by atoms with van der Waals surface area (Å²) in [7, 11) is 0. The molecule has 2 heteroatoms. The average Bonchev–Trinajstić information content (AvgIpc) is 2.28. The highest BCUT2D eigenvalue weighted by Gasteiger charge is 2.25. The van der Waals surface area contributed by atoms with Crippen LogP contribution in [-0.4, -0.2) is 11.7 Å². The molecule has 2 rings (SSSR count). The standard InChI is InChI=1S/C15H19NO/c1-15(2,9-10-16)14-12-6-4-3-5-11(12)7-8-13(14)17/h3-8,17H,9-10,16H2,1-2H3. The summed E-state index contributed by atoms with van der Waals surface area (Å²) in [5.74, 6) is 0.363. The molecule has 0 aliphatic carbocycles. The van der Waals surface area contributed by atoms with Crippen molar-refractivity contribution in [2.45, 2.75) is 25.7 Å². The number of rotatable bonds is 3. The lowest BCUT2D eigenvalue weighted by Crippen LogP contribution is -2.22. The van der Waals surface area contributed by atoms with Crippen LogP contribution in [0.5, 0.6) is 5.75 Å². The molecule has 17 heavy (non-hydrogen) atoms. The fraction of sp³-hybridized carbons (Fsp3) is 0.333. The number of hydrogen-bond acceptors (Lipinski definition) is 2. The van der Waals surface area contributed by atoms with Crippen LogP contribution in [0, 0.1) is 0 Å². The van der Waals surface area contributed by atoms with Gasteiger partial charge in [-0.2, -0.15) is 0 Å². The first kappa shape index (κ1) is 11.9. The monoisotopic (exact) mass is 229 g/mol. The molecule has 2 nitrogen and oxygen atoms in total. The summed E-state index contributed by atoms with van der Waals surface area (Å²) in [6, 6.07) is 11.9. The van der Waals surface area contributed by atoms with Gasteiger partial charge >= 0.3 is 0 Å². The second kappa shape index (κ2) is 4.38. The van der Waals surface area contributed by atoms with E-state index in [4.69, 9.17) is 5.73 Å². The summed E-state index contributed by atoms with van der Waals surface area (Å²) in [6.07, 6.45) is 0.856. The molecule has 0 aliphatic rings. The molecular formula is C15H19NO. The molecule has 0 unspecified atom stereocenters. The van der Waals surface area contributed by atoms with Crippen LogP contribution in [0.4, 0.5) is 0 Å². The van der Waals surface area contributed by atoms with Gasteiger partial charge < -0.3 is 10.8 Å². The number of nitrogens with two attached hydrogens (primary N) is 1. The van der Waals surface area contributed by atoms with Gasteiger partial charge in [-0.3, -0.25) is 0 Å². The molecule has 0 saturated heterocycles. The first-order valence-electron chi connectivity index (χ1n) is 5.97. The number of benzene rings is 2. The zero-order chi connectivity index (χ0) is 12.5. The van der Waals surface area contributed by atoms with E-state index in [2.05, 4.69) is 26.0 Å². The van der Waals surface area contributed by atoms with Gasteiger partial charge in [0.1, 0.15) is 5.75 Å². The van der Waals surface area contributed by atoms with Crippen molar-refractivity contribution in [2.75, 3.05) is 6.54 Å². The third kappa shape index (κ3) is 2.13. The molecule has 0 fully saturated rings. The van der Waals surface area contributed by atoms with Gasteiger partial charge in [0.05, 0.1) is 0 Å². The predicted molar refractivity (Wildman–Crippen MR) is 72.3 cm³/mol. The molecule has 0 radical (unpaired) electrons. The molecule has 2 aromatic rings. The second-order valence-electron chi connectivity index (χ2n) is 5.10. The van der Waals surface area contributed by atoms with E-state index in [0.717, 1.165) is 22.8 Å². The number of hydrogen-bond donors (Lipinski definition) is 2. The van der Waals surface area contributed by atoms with E-state index >= 15 is 0 Å². The highest BCUT2D eigenvalue weighted by molar-refractivity contribution is 5.88. The van der Waals surface area contributed by atoms with Crippen LogP contribution in [0.25, 0.3) is 10.8 Å². The lowest BCUT2D eigenvalue weighted by molar-refractivity contribution is 0.426. The van der Waals surface area contributed by atoms with Crippen molar-refractivity contribution in [2.24, 2.45) is 5.73 Å². The molecule has 0 heterocycles. The van der Waals surface area contributed by atoms with Crippen LogP contribution in [-0.2, 0) is 5.41 Å². The molecule has 3 N–H and O–H groups in total. The topological polar surface area (TPSA) is 46.2 Å². The number of fused-ring (bicyclic) bond motifs is 1. The fourth-order valence-electron chi connectivity index (χ4n) is 2.46. The van der Waals surface area contributed by atoms with Crippen LogP contribution in [0.3, 0.4) is 0 Å². The lowest BCUT2D eigenvalue weighted by atomic mass is 9.78. The van der Waals surface area contributed by atoms with Gasteiger partial charge in [-0.1, -0.05) is 44.2 Å². The Morgan fingerprint density at radius 1 is 1.12 bits per heavy atom. The Labute approximate surface area is 102 Å². The maximum Gasteiger partial charge on any atom is 0.119 e. The fourth-order valence-corrected chi connectivity index (χ4v) is 2.46. The van der Waals surface area contributed by atoms with E-state index in [9.17, 15) is 5.11 Å². The maximum absolute atomic E-state index is 10.1. The largest absolute Gasteiger partial charge is 0.508 e. The van der Waals surface area contributed by atoms with Gasteiger partial charge in [0.2, 0.25) is 0 Å². The van der Waals surface area contributed by atoms with E-state index in [-0.39, 0.29) is 5.41 Å². The molecule has 0 bridgehead atoms. The minimum absolute atomic E-state index is 0.111. The third-order valence-corrected chi connectivity index (χ3v) is 3.35. The van der Waals surface area contributed by atoms with Crippen molar-refractivity contribution >= 4 is 10.8 Å². The van der Waals surface area contributed by atoms with Gasteiger partial charge in [-0.05, 0) is 35.2 Å². The van der Waals surface area contributed by atoms with Crippen LogP contribution in [0.2, 0.25) is 0 Å². The molecule has 0 spiro atoms. The first-order chi connectivity index (χ1) is 8.06. The van der Waals surface area contributed by atoms with Crippen molar-refractivity contribution < 1.29 is 5.11 Å². The van der Waals surface area contributed by atoms with Crippen molar-refractivity contribution in [3.05, 3.63) is 42.0 Å². The Bertz CT molecular complexity index is 531. The SMILES string of the molecule is CC(C)(CCN)c1c(O)ccc2ccccc12. The van der Waals surface area contributed by atoms with E-state index in [0.29, 0.717) is 12.3 Å². The Hall–Kier alpha value is -1.54. The van der Waals surface area contributed by atoms with Gasteiger partial charge in [-0.25, -0.2) is 0 Å². The maximum atomic E-state index is 10.1. The van der Waals surface area contributed by atoms with Crippen LogP contribution in [0.15, 0.2) is 36.4 Å². The molecule has 90 valence electrons. The minimum atomic E-state index is -0.111. The minimum Gasteiger partial charge on any atom is -0.508 e. The Balaban J connectivity index is 2.70. The van der Waals surface area contributed by atoms with E-state index < -0.39 is 0 Å². The predicted octanol–water partition coefficient (Wildman–Crippen LogP) is 3.17. The van der Waals surface area contributed by atoms with E-state index in [1.54, 1.807) is 6.07 Å². The Morgan fingerprint density at radius 3 is 2.53 bits per heavy atom. The summed E-state index contributed by atoms with van der Waals surface area (Å²) >= 11 is 0. The summed E-state index contributed by atoms with van der Waals surface area (Å²) in [5.41, 5.74) is 6.55. The second-order valence-corrected chi connectivity index (χ2v) is 5.10. The first-order valence-corrected chi connectivity index (χ1v) is 5.97. The molecule has 0 aliphatic heterocycles. The Kier molecular flexibility index (Phi) is 3.07. The summed E-state index contributed by atoms with van der Waals surface area (Å²) in [4.78, 5) is 0. The van der Waals surface area contributed by atoms with Crippen LogP contribution in [0.1, 0.15) is 25.8 Å². The highest BCUT2D eigenvalue weighted by atomic mass is 16.3. The van der Waals surface area contributed by atoms with Crippen LogP contribution >= 0.6 is 0 Å². The lowest BCUT2D eigenvalue weighted by Gasteiger charge is -2.27. The molecular weight excluding hydrogens is 210 g/mol. The third-order valence-electron chi connectivity index (χ3n) is 3.35. The normalized spacial score (nSPS) is 11.9. The summed E-state index contributed by atoms with van der Waals surface area (Å²) < 4.78 is 0. The Morgan fingerprint density at radius 2 is 1.82 bits per heavy atom. The van der Waals surface area contributed by atoms with Gasteiger partial charge in [0, 0.05) is 5.56 Å². The van der Waals surface area contributed by atoms with Crippen LogP contribution < -0.4 is 5.73 Å². The zero-order valence-corrected chi connectivity index (χ0v) is 10.4. The van der Waals surface area contributed by atoms with Gasteiger partial charge in [0.15, 0.2) is 0 Å². The van der Waals surface area contributed by atoms with Crippen molar-refractivity contribution in [1.82, 2.24) is 0 Å². The number of phenols is 1. The molecule has 0 saturated carbocycles. The van der Waals surface area contributed by atoms with E-state index in [1.807, 2.05) is 18.2 Å².